The molecule has 0 radical (unpaired) electrons. The second-order valence-corrected chi connectivity index (χ2v) is 13.0. The summed E-state index contributed by atoms with van der Waals surface area (Å²) in [5.74, 6) is 2.90. The number of thioether (sulfide) groups is 1. The van der Waals surface area contributed by atoms with Gasteiger partial charge in [0.15, 0.2) is 0 Å². The maximum Gasteiger partial charge on any atom is 0.140 e. The van der Waals surface area contributed by atoms with Crippen LogP contribution < -0.4 is 0 Å². The van der Waals surface area contributed by atoms with Crippen molar-refractivity contribution in [2.45, 2.75) is 174 Å². The lowest BCUT2D eigenvalue weighted by Gasteiger charge is -2.11. The number of benzene rings is 1. The van der Waals surface area contributed by atoms with E-state index in [4.69, 9.17) is 9.47 Å². The van der Waals surface area contributed by atoms with Crippen molar-refractivity contribution in [2.24, 2.45) is 0 Å². The molecule has 0 aliphatic carbocycles. The lowest BCUT2D eigenvalue weighted by Crippen LogP contribution is -2.01. The summed E-state index contributed by atoms with van der Waals surface area (Å²) in [5, 5.41) is 0. The van der Waals surface area contributed by atoms with Gasteiger partial charge in [0.2, 0.25) is 0 Å². The summed E-state index contributed by atoms with van der Waals surface area (Å²) >= 11 is 1.91. The van der Waals surface area contributed by atoms with Crippen molar-refractivity contribution in [3.8, 4) is 0 Å². The van der Waals surface area contributed by atoms with Gasteiger partial charge in [0, 0.05) is 5.75 Å². The van der Waals surface area contributed by atoms with Crippen molar-refractivity contribution in [1.29, 1.82) is 0 Å². The quantitative estimate of drug-likeness (QED) is 0.0616. The molecule has 1 rings (SSSR count). The van der Waals surface area contributed by atoms with Gasteiger partial charge >= 0.3 is 0 Å². The fraction of sp³-hybridized carbons (Fsp3) is 0.789. The molecule has 1 aromatic carbocycles. The van der Waals surface area contributed by atoms with Gasteiger partial charge < -0.3 is 9.47 Å². The van der Waals surface area contributed by atoms with E-state index in [0.717, 1.165) is 43.3 Å². The van der Waals surface area contributed by atoms with Gasteiger partial charge in [-0.2, -0.15) is 0 Å². The van der Waals surface area contributed by atoms with Crippen LogP contribution in [-0.4, -0.2) is 19.0 Å². The zero-order valence-electron chi connectivity index (χ0n) is 27.5. The molecule has 0 N–H and O–H groups in total. The molecule has 0 fully saturated rings. The summed E-state index contributed by atoms with van der Waals surface area (Å²) in [5.41, 5.74) is 1.37. The maximum atomic E-state index is 6.20. The molecule has 0 aliphatic heterocycles. The van der Waals surface area contributed by atoms with E-state index in [2.05, 4.69) is 44.2 Å². The fourth-order valence-corrected chi connectivity index (χ4v) is 6.16. The summed E-state index contributed by atoms with van der Waals surface area (Å²) in [7, 11) is 0. The van der Waals surface area contributed by atoms with Gasteiger partial charge in [-0.15, -0.1) is 11.8 Å². The van der Waals surface area contributed by atoms with Crippen molar-refractivity contribution < 1.29 is 9.47 Å². The summed E-state index contributed by atoms with van der Waals surface area (Å²) in [6, 6.07) is 10.7. The largest absolute Gasteiger partial charge is 0.498 e. The van der Waals surface area contributed by atoms with Crippen molar-refractivity contribution >= 4 is 11.8 Å². The first-order valence-electron chi connectivity index (χ1n) is 17.9. The Balaban J connectivity index is 2.11. The van der Waals surface area contributed by atoms with Crippen LogP contribution >= 0.6 is 11.8 Å². The van der Waals surface area contributed by atoms with Gasteiger partial charge in [0.05, 0.1) is 19.0 Å². The first kappa shape index (κ1) is 37.9. The molecule has 0 saturated heterocycles. The second kappa shape index (κ2) is 31.8. The van der Waals surface area contributed by atoms with Crippen LogP contribution in [0.3, 0.4) is 0 Å². The zero-order valence-corrected chi connectivity index (χ0v) is 28.3. The minimum Gasteiger partial charge on any atom is -0.498 e. The van der Waals surface area contributed by atoms with Crippen molar-refractivity contribution in [3.63, 3.8) is 0 Å². The minimum absolute atomic E-state index is 0.812. The molecule has 0 aromatic heterocycles. The van der Waals surface area contributed by atoms with Crippen LogP contribution in [0.5, 0.6) is 0 Å². The molecular formula is C38H68O2S. The molecule has 238 valence electrons. The van der Waals surface area contributed by atoms with E-state index < -0.39 is 0 Å². The molecule has 41 heavy (non-hydrogen) atoms. The van der Waals surface area contributed by atoms with Gasteiger partial charge in [0.1, 0.15) is 12.0 Å². The maximum absolute atomic E-state index is 6.20. The average molecular weight is 589 g/mol. The SMILES string of the molecule is CCCCCCCCCCCCCCOC=C(CSCc1ccccc1)OCCCCCCCCCCCCCC. The number of ether oxygens (including phenoxy) is 2. The number of rotatable bonds is 32. The Labute approximate surface area is 261 Å². The topological polar surface area (TPSA) is 18.5 Å². The molecule has 0 bridgehead atoms. The molecule has 0 heterocycles. The molecule has 0 aliphatic rings. The van der Waals surface area contributed by atoms with Gasteiger partial charge in [-0.3, -0.25) is 0 Å². The third-order valence-corrected chi connectivity index (χ3v) is 9.00. The Kier molecular flexibility index (Phi) is 29.5. The van der Waals surface area contributed by atoms with Crippen LogP contribution in [0.1, 0.15) is 174 Å². The molecule has 2 nitrogen and oxygen atoms in total. The highest BCUT2D eigenvalue weighted by Gasteiger charge is 2.03. The molecule has 0 spiro atoms. The van der Waals surface area contributed by atoms with Crippen LogP contribution in [0.4, 0.5) is 0 Å². The predicted molar refractivity (Wildman–Crippen MR) is 185 cm³/mol. The van der Waals surface area contributed by atoms with E-state index >= 15 is 0 Å². The lowest BCUT2D eigenvalue weighted by atomic mass is 10.1. The van der Waals surface area contributed by atoms with Gasteiger partial charge in [-0.1, -0.05) is 185 Å². The Bertz CT molecular complexity index is 660. The number of hydrogen-bond acceptors (Lipinski definition) is 3. The summed E-state index contributed by atoms with van der Waals surface area (Å²) in [6.45, 7) is 6.21. The monoisotopic (exact) mass is 588 g/mol. The van der Waals surface area contributed by atoms with Gasteiger partial charge in [-0.05, 0) is 18.4 Å². The third-order valence-electron chi connectivity index (χ3n) is 7.97. The van der Waals surface area contributed by atoms with Crippen LogP contribution in [0, 0.1) is 0 Å². The van der Waals surface area contributed by atoms with Crippen LogP contribution in [0.2, 0.25) is 0 Å². The summed E-state index contributed by atoms with van der Waals surface area (Å²) in [4.78, 5) is 0. The molecule has 0 amide bonds. The average Bonchev–Trinajstić information content (AvgIpc) is 2.99. The van der Waals surface area contributed by atoms with E-state index in [1.165, 1.54) is 147 Å². The highest BCUT2D eigenvalue weighted by Crippen LogP contribution is 2.18. The summed E-state index contributed by atoms with van der Waals surface area (Å²) in [6.07, 6.45) is 34.9. The third kappa shape index (κ3) is 27.5. The summed E-state index contributed by atoms with van der Waals surface area (Å²) < 4.78 is 12.2. The van der Waals surface area contributed by atoms with Crippen molar-refractivity contribution in [3.05, 3.63) is 47.9 Å². The lowest BCUT2D eigenvalue weighted by molar-refractivity contribution is 0.172. The van der Waals surface area contributed by atoms with E-state index in [9.17, 15) is 0 Å². The van der Waals surface area contributed by atoms with Crippen molar-refractivity contribution in [1.82, 2.24) is 0 Å². The molecule has 1 aromatic rings. The molecule has 0 unspecified atom stereocenters. The second-order valence-electron chi connectivity index (χ2n) is 12.1. The Morgan fingerprint density at radius 3 is 1.41 bits per heavy atom. The molecular weight excluding hydrogens is 520 g/mol. The van der Waals surface area contributed by atoms with E-state index in [1.807, 2.05) is 18.0 Å². The smallest absolute Gasteiger partial charge is 0.140 e. The van der Waals surface area contributed by atoms with Gasteiger partial charge in [0.25, 0.3) is 0 Å². The fourth-order valence-electron chi connectivity index (χ4n) is 5.28. The number of hydrogen-bond donors (Lipinski definition) is 0. The van der Waals surface area contributed by atoms with E-state index in [0.29, 0.717) is 0 Å². The van der Waals surface area contributed by atoms with E-state index in [1.54, 1.807) is 0 Å². The first-order chi connectivity index (χ1) is 20.4. The van der Waals surface area contributed by atoms with E-state index in [-0.39, 0.29) is 0 Å². The Morgan fingerprint density at radius 2 is 0.951 bits per heavy atom. The van der Waals surface area contributed by atoms with Crippen LogP contribution in [0.15, 0.2) is 42.4 Å². The zero-order chi connectivity index (χ0) is 29.3. The Morgan fingerprint density at radius 1 is 0.537 bits per heavy atom. The Hall–Kier alpha value is -1.09. The first-order valence-corrected chi connectivity index (χ1v) is 19.1. The van der Waals surface area contributed by atoms with Gasteiger partial charge in [-0.25, -0.2) is 0 Å². The molecule has 0 saturated carbocycles. The van der Waals surface area contributed by atoms with Crippen LogP contribution in [-0.2, 0) is 15.2 Å². The predicted octanol–water partition coefficient (Wildman–Crippen LogP) is 13.2. The normalized spacial score (nSPS) is 11.7. The standard InChI is InChI=1S/C38H68O2S/c1-3-5-7-9-11-13-15-17-19-21-23-28-32-39-34-38(36-41-35-37-30-26-25-27-31-37)40-33-29-24-22-20-18-16-14-12-10-8-6-4-2/h25-27,30-31,34H,3-24,28-29,32-33,35-36H2,1-2H3. The molecule has 0 atom stereocenters. The highest BCUT2D eigenvalue weighted by atomic mass is 32.2. The molecule has 3 heteroatoms. The van der Waals surface area contributed by atoms with Crippen LogP contribution in [0.25, 0.3) is 0 Å². The highest BCUT2D eigenvalue weighted by molar-refractivity contribution is 7.98. The van der Waals surface area contributed by atoms with Crippen molar-refractivity contribution in [2.75, 3.05) is 19.0 Å². The number of unbranched alkanes of at least 4 members (excludes halogenated alkanes) is 22. The minimum atomic E-state index is 0.812.